The molecule has 0 aliphatic carbocycles. The third-order valence-corrected chi connectivity index (χ3v) is 7.87. The van der Waals surface area contributed by atoms with E-state index in [1.165, 1.54) is 5.69 Å². The molecule has 39 heavy (non-hydrogen) atoms. The van der Waals surface area contributed by atoms with Gasteiger partial charge >= 0.3 is 5.69 Å². The predicted octanol–water partition coefficient (Wildman–Crippen LogP) is 5.99. The molecule has 3 aromatic carbocycles. The molecule has 7 rings (SSSR count). The fraction of sp³-hybridized carbons (Fsp3) is 0.161. The van der Waals surface area contributed by atoms with Crippen LogP contribution in [0, 0.1) is 5.41 Å². The van der Waals surface area contributed by atoms with E-state index in [1.807, 2.05) is 60.8 Å². The molecule has 0 unspecified atom stereocenters. The first-order valence-electron chi connectivity index (χ1n) is 12.8. The Bertz CT molecular complexity index is 2060. The Morgan fingerprint density at radius 3 is 2.64 bits per heavy atom. The summed E-state index contributed by atoms with van der Waals surface area (Å²) in [6, 6.07) is 18.8. The Kier molecular flexibility index (Phi) is 5.15. The molecule has 192 valence electrons. The number of halogens is 1. The molecule has 7 nitrogen and oxygen atoms in total. The highest BCUT2D eigenvalue weighted by atomic mass is 35.5. The van der Waals surface area contributed by atoms with Gasteiger partial charge in [-0.3, -0.25) is 14.5 Å². The van der Waals surface area contributed by atoms with Crippen LogP contribution in [0.4, 0.5) is 0 Å². The summed E-state index contributed by atoms with van der Waals surface area (Å²) in [5, 5.41) is 7.24. The van der Waals surface area contributed by atoms with Crippen molar-refractivity contribution in [2.75, 3.05) is 0 Å². The number of nitrogens with one attached hydrogen (secondary N) is 1. The molecule has 0 bridgehead atoms. The smallest absolute Gasteiger partial charge is 0.306 e. The summed E-state index contributed by atoms with van der Waals surface area (Å²) in [4.78, 5) is 34.1. The van der Waals surface area contributed by atoms with Crippen LogP contribution in [-0.4, -0.2) is 24.3 Å². The fourth-order valence-electron chi connectivity index (χ4n) is 5.79. The zero-order valence-corrected chi connectivity index (χ0v) is 22.2. The lowest BCUT2D eigenvalue weighted by molar-refractivity contribution is 0.347. The molecule has 8 heteroatoms. The second kappa shape index (κ2) is 8.51. The number of H-pyrrole nitrogens is 1. The van der Waals surface area contributed by atoms with E-state index in [0.717, 1.165) is 50.6 Å². The summed E-state index contributed by atoms with van der Waals surface area (Å²) >= 11 is 6.79. The Morgan fingerprint density at radius 1 is 0.923 bits per heavy atom. The third-order valence-electron chi connectivity index (χ3n) is 7.55. The Labute approximate surface area is 228 Å². The number of aromatic amines is 1. The average Bonchev–Trinajstić information content (AvgIpc) is 3.43. The van der Waals surface area contributed by atoms with E-state index in [4.69, 9.17) is 11.6 Å². The van der Waals surface area contributed by atoms with Crippen LogP contribution in [0.3, 0.4) is 0 Å². The molecular weight excluding hydrogens is 510 g/mol. The quantitative estimate of drug-likeness (QED) is 0.302. The number of pyridine rings is 1. The molecule has 0 saturated heterocycles. The first kappa shape index (κ1) is 23.6. The molecule has 4 heterocycles. The van der Waals surface area contributed by atoms with Gasteiger partial charge in [-0.25, -0.2) is 9.36 Å². The van der Waals surface area contributed by atoms with Crippen molar-refractivity contribution in [3.63, 3.8) is 0 Å². The zero-order valence-electron chi connectivity index (χ0n) is 21.4. The van der Waals surface area contributed by atoms with E-state index in [1.54, 1.807) is 18.5 Å². The van der Waals surface area contributed by atoms with E-state index in [2.05, 4.69) is 33.6 Å². The van der Waals surface area contributed by atoms with Crippen molar-refractivity contribution >= 4 is 33.3 Å². The van der Waals surface area contributed by atoms with Crippen molar-refractivity contribution in [3.8, 4) is 27.9 Å². The second-order valence-corrected chi connectivity index (χ2v) is 11.3. The van der Waals surface area contributed by atoms with Crippen molar-refractivity contribution in [1.29, 1.82) is 0 Å². The summed E-state index contributed by atoms with van der Waals surface area (Å²) in [6.45, 7) is 5.35. The lowest BCUT2D eigenvalue weighted by Gasteiger charge is -2.16. The summed E-state index contributed by atoms with van der Waals surface area (Å²) in [6.07, 6.45) is 6.08. The van der Waals surface area contributed by atoms with E-state index in [-0.39, 0.29) is 5.41 Å². The Hall–Kier alpha value is -4.49. The van der Waals surface area contributed by atoms with E-state index in [9.17, 15) is 9.59 Å². The van der Waals surface area contributed by atoms with Crippen LogP contribution in [0.2, 0.25) is 5.02 Å². The Morgan fingerprint density at radius 2 is 1.77 bits per heavy atom. The monoisotopic (exact) mass is 533 g/mol. The van der Waals surface area contributed by atoms with Crippen molar-refractivity contribution in [3.05, 3.63) is 111 Å². The first-order chi connectivity index (χ1) is 18.8. The summed E-state index contributed by atoms with van der Waals surface area (Å²) in [5.41, 5.74) is 4.93. The lowest BCUT2D eigenvalue weighted by atomic mass is 9.88. The van der Waals surface area contributed by atoms with Crippen LogP contribution in [0.1, 0.15) is 19.5 Å². The molecule has 0 atom stereocenters. The van der Waals surface area contributed by atoms with Crippen molar-refractivity contribution in [2.24, 2.45) is 5.41 Å². The van der Waals surface area contributed by atoms with Gasteiger partial charge in [0.25, 0.3) is 5.56 Å². The van der Waals surface area contributed by atoms with Crippen molar-refractivity contribution in [1.82, 2.24) is 24.3 Å². The molecule has 0 amide bonds. The van der Waals surface area contributed by atoms with Crippen LogP contribution < -0.4 is 11.2 Å². The number of hydrogen-bond donors (Lipinski definition) is 1. The van der Waals surface area contributed by atoms with Gasteiger partial charge in [0.2, 0.25) is 0 Å². The maximum Gasteiger partial charge on any atom is 0.333 e. The number of fused-ring (bicyclic) bond motifs is 3. The highest BCUT2D eigenvalue weighted by molar-refractivity contribution is 6.34. The largest absolute Gasteiger partial charge is 0.333 e. The lowest BCUT2D eigenvalue weighted by Crippen LogP contribution is -2.33. The minimum absolute atomic E-state index is 0.138. The molecule has 3 aromatic heterocycles. The predicted molar refractivity (Wildman–Crippen MR) is 155 cm³/mol. The molecule has 6 aromatic rings. The molecular formula is C31H24ClN5O2. The van der Waals surface area contributed by atoms with E-state index in [0.29, 0.717) is 21.6 Å². The topological polar surface area (TPSA) is 85.6 Å². The Balaban J connectivity index is 1.41. The number of benzene rings is 3. The average molecular weight is 534 g/mol. The maximum absolute atomic E-state index is 13.6. The molecule has 0 saturated carbocycles. The third kappa shape index (κ3) is 3.72. The van der Waals surface area contributed by atoms with Gasteiger partial charge in [-0.1, -0.05) is 67.9 Å². The second-order valence-electron chi connectivity index (χ2n) is 10.9. The standard InChI is InChI=1S/C31H24ClN5O2/c1-31(2)13-26-23(15-34-36(26)17-31)21-8-5-9-24(32)28(21)18-10-11-22-25(12-18)35-30(39)37(29(22)38)27-16-33-14-19-6-3-4-7-20(19)27/h3-12,14-16H,13,17H2,1-2H3,(H,35,39). The van der Waals surface area contributed by atoms with Crippen LogP contribution in [0.25, 0.3) is 49.6 Å². The summed E-state index contributed by atoms with van der Waals surface area (Å²) < 4.78 is 3.22. The van der Waals surface area contributed by atoms with Gasteiger partial charge in [-0.05, 0) is 41.2 Å². The zero-order chi connectivity index (χ0) is 26.9. The highest BCUT2D eigenvalue weighted by Crippen LogP contribution is 2.43. The van der Waals surface area contributed by atoms with Gasteiger partial charge in [-0.2, -0.15) is 5.10 Å². The fourth-order valence-corrected chi connectivity index (χ4v) is 6.07. The maximum atomic E-state index is 13.6. The van der Waals surface area contributed by atoms with Gasteiger partial charge < -0.3 is 4.98 Å². The molecule has 0 radical (unpaired) electrons. The minimum atomic E-state index is -0.529. The number of rotatable bonds is 3. The van der Waals surface area contributed by atoms with Crippen LogP contribution in [-0.2, 0) is 13.0 Å². The minimum Gasteiger partial charge on any atom is -0.306 e. The van der Waals surface area contributed by atoms with Gasteiger partial charge in [-0.15, -0.1) is 0 Å². The normalized spacial score (nSPS) is 14.2. The highest BCUT2D eigenvalue weighted by Gasteiger charge is 2.32. The molecule has 0 spiro atoms. The van der Waals surface area contributed by atoms with Crippen LogP contribution in [0.15, 0.2) is 88.8 Å². The molecule has 1 N–H and O–H groups in total. The van der Waals surface area contributed by atoms with E-state index < -0.39 is 11.2 Å². The number of hydrogen-bond acceptors (Lipinski definition) is 4. The number of aromatic nitrogens is 5. The van der Waals surface area contributed by atoms with Crippen molar-refractivity contribution < 1.29 is 0 Å². The van der Waals surface area contributed by atoms with Crippen molar-refractivity contribution in [2.45, 2.75) is 26.8 Å². The van der Waals surface area contributed by atoms with Gasteiger partial charge in [0.1, 0.15) is 0 Å². The SMILES string of the molecule is CC1(C)Cc2c(-c3cccc(Cl)c3-c3ccc4c(=O)n(-c5cncc6ccccc56)c(=O)[nH]c4c3)cnn2C1. The van der Waals surface area contributed by atoms with Gasteiger partial charge in [0.15, 0.2) is 0 Å². The number of nitrogens with zero attached hydrogens (tertiary/aromatic N) is 4. The molecule has 1 aliphatic heterocycles. The van der Waals surface area contributed by atoms with Gasteiger partial charge in [0.05, 0.1) is 29.0 Å². The molecule has 0 fully saturated rings. The first-order valence-corrected chi connectivity index (χ1v) is 13.1. The summed E-state index contributed by atoms with van der Waals surface area (Å²) in [7, 11) is 0. The van der Waals surface area contributed by atoms with Crippen LogP contribution in [0.5, 0.6) is 0 Å². The summed E-state index contributed by atoms with van der Waals surface area (Å²) in [5.74, 6) is 0. The van der Waals surface area contributed by atoms with Crippen LogP contribution >= 0.6 is 11.6 Å². The van der Waals surface area contributed by atoms with Gasteiger partial charge in [0, 0.05) is 45.4 Å². The van der Waals surface area contributed by atoms with E-state index >= 15 is 0 Å². The molecule has 1 aliphatic rings.